The number of rotatable bonds is 4. The Balaban J connectivity index is 2.47. The summed E-state index contributed by atoms with van der Waals surface area (Å²) in [5.74, 6) is 6.20. The minimum absolute atomic E-state index is 0.323. The predicted molar refractivity (Wildman–Crippen MR) is 107 cm³/mol. The van der Waals surface area contributed by atoms with Crippen molar-refractivity contribution in [2.75, 3.05) is 13.2 Å². The number of terminal acetylenes is 1. The number of benzene rings is 1. The van der Waals surface area contributed by atoms with Crippen molar-refractivity contribution in [3.63, 3.8) is 0 Å². The molecule has 0 radical (unpaired) electrons. The van der Waals surface area contributed by atoms with Crippen molar-refractivity contribution in [2.45, 2.75) is 64.5 Å². The SMILES string of the molecule is C#Cc1cc(C#C[Si](C(C)C)(C(C)C)C(C)C)cc(C2OCCO2)c1. The highest BCUT2D eigenvalue weighted by atomic mass is 28.3. The summed E-state index contributed by atoms with van der Waals surface area (Å²) in [6, 6.07) is 6.01. The molecule has 1 aliphatic rings. The highest BCUT2D eigenvalue weighted by Crippen LogP contribution is 2.40. The largest absolute Gasteiger partial charge is 0.346 e. The average Bonchev–Trinajstić information content (AvgIpc) is 3.08. The minimum Gasteiger partial charge on any atom is -0.346 e. The van der Waals surface area contributed by atoms with Gasteiger partial charge in [0.05, 0.1) is 13.2 Å². The maximum absolute atomic E-state index is 5.64. The summed E-state index contributed by atoms with van der Waals surface area (Å²) in [5.41, 5.74) is 8.33. The lowest BCUT2D eigenvalue weighted by Crippen LogP contribution is -2.43. The molecule has 0 N–H and O–H groups in total. The molecular formula is C22H30O2Si. The number of ether oxygens (including phenoxy) is 2. The fourth-order valence-electron chi connectivity index (χ4n) is 4.11. The second kappa shape index (κ2) is 8.24. The first-order valence-electron chi connectivity index (χ1n) is 9.19. The van der Waals surface area contributed by atoms with Gasteiger partial charge in [0.15, 0.2) is 6.29 Å². The van der Waals surface area contributed by atoms with E-state index in [-0.39, 0.29) is 6.29 Å². The zero-order valence-electron chi connectivity index (χ0n) is 16.3. The first-order valence-corrected chi connectivity index (χ1v) is 11.4. The molecule has 0 saturated carbocycles. The highest BCUT2D eigenvalue weighted by molar-refractivity contribution is 6.90. The second-order valence-electron chi connectivity index (χ2n) is 7.71. The van der Waals surface area contributed by atoms with Crippen LogP contribution in [-0.4, -0.2) is 21.3 Å². The van der Waals surface area contributed by atoms with Crippen molar-refractivity contribution in [1.82, 2.24) is 0 Å². The van der Waals surface area contributed by atoms with Gasteiger partial charge < -0.3 is 9.47 Å². The van der Waals surface area contributed by atoms with E-state index in [1.165, 1.54) is 0 Å². The van der Waals surface area contributed by atoms with Crippen molar-refractivity contribution in [2.24, 2.45) is 0 Å². The van der Waals surface area contributed by atoms with Crippen molar-refractivity contribution < 1.29 is 9.47 Å². The Morgan fingerprint density at radius 3 is 1.92 bits per heavy atom. The average molecular weight is 355 g/mol. The minimum atomic E-state index is -1.76. The van der Waals surface area contributed by atoms with E-state index in [1.54, 1.807) is 0 Å². The molecule has 0 aliphatic carbocycles. The van der Waals surface area contributed by atoms with Crippen LogP contribution in [0.1, 0.15) is 64.5 Å². The second-order valence-corrected chi connectivity index (χ2v) is 13.3. The fourth-order valence-corrected chi connectivity index (χ4v) is 9.33. The Kier molecular flexibility index (Phi) is 6.52. The zero-order valence-corrected chi connectivity index (χ0v) is 17.3. The molecule has 0 unspecified atom stereocenters. The van der Waals surface area contributed by atoms with Crippen LogP contribution < -0.4 is 0 Å². The lowest BCUT2D eigenvalue weighted by Gasteiger charge is -2.38. The Morgan fingerprint density at radius 1 is 0.920 bits per heavy atom. The Bertz CT molecular complexity index is 673. The van der Waals surface area contributed by atoms with Gasteiger partial charge in [0.25, 0.3) is 0 Å². The van der Waals surface area contributed by atoms with Gasteiger partial charge in [0, 0.05) is 16.7 Å². The van der Waals surface area contributed by atoms with Gasteiger partial charge in [0.1, 0.15) is 8.07 Å². The molecule has 1 aliphatic heterocycles. The van der Waals surface area contributed by atoms with E-state index in [4.69, 9.17) is 15.9 Å². The Morgan fingerprint density at radius 2 is 1.44 bits per heavy atom. The monoisotopic (exact) mass is 354 g/mol. The molecule has 1 saturated heterocycles. The van der Waals surface area contributed by atoms with Gasteiger partial charge in [-0.15, -0.1) is 12.0 Å². The zero-order chi connectivity index (χ0) is 18.6. The van der Waals surface area contributed by atoms with Crippen molar-refractivity contribution in [3.05, 3.63) is 34.9 Å². The van der Waals surface area contributed by atoms with Crippen LogP contribution in [0.15, 0.2) is 18.2 Å². The van der Waals surface area contributed by atoms with Crippen molar-refractivity contribution in [3.8, 4) is 23.8 Å². The summed E-state index contributed by atoms with van der Waals surface area (Å²) >= 11 is 0. The first-order chi connectivity index (χ1) is 11.8. The molecule has 0 aromatic heterocycles. The first kappa shape index (κ1) is 19.8. The van der Waals surface area contributed by atoms with E-state index >= 15 is 0 Å². The van der Waals surface area contributed by atoms with Crippen LogP contribution in [0.4, 0.5) is 0 Å². The van der Waals surface area contributed by atoms with Crippen LogP contribution in [0.25, 0.3) is 0 Å². The maximum Gasteiger partial charge on any atom is 0.184 e. The van der Waals surface area contributed by atoms with E-state index in [9.17, 15) is 0 Å². The van der Waals surface area contributed by atoms with E-state index in [0.717, 1.165) is 16.7 Å². The summed E-state index contributed by atoms with van der Waals surface area (Å²) < 4.78 is 11.2. The van der Waals surface area contributed by atoms with E-state index in [0.29, 0.717) is 29.8 Å². The molecule has 1 heterocycles. The molecule has 3 heteroatoms. The number of hydrogen-bond donors (Lipinski definition) is 0. The Hall–Kier alpha value is -1.52. The van der Waals surface area contributed by atoms with Gasteiger partial charge in [-0.2, -0.15) is 0 Å². The van der Waals surface area contributed by atoms with Gasteiger partial charge in [-0.25, -0.2) is 0 Å². The lowest BCUT2D eigenvalue weighted by atomic mass is 10.1. The third kappa shape index (κ3) is 4.18. The van der Waals surface area contributed by atoms with E-state index in [2.05, 4.69) is 65.0 Å². The molecule has 1 fully saturated rings. The maximum atomic E-state index is 5.64. The van der Waals surface area contributed by atoms with Crippen LogP contribution in [0, 0.1) is 23.8 Å². The lowest BCUT2D eigenvalue weighted by molar-refractivity contribution is -0.0441. The standard InChI is InChI=1S/C22H30O2Si/c1-8-19-13-20(15-21(14-19)22-23-10-11-24-22)9-12-25(16(2)3,17(4)5)18(6)7/h1,13-18,22H,10-11H2,2-7H3. The van der Waals surface area contributed by atoms with Crippen LogP contribution in [0.5, 0.6) is 0 Å². The molecule has 0 amide bonds. The molecule has 134 valence electrons. The van der Waals surface area contributed by atoms with Gasteiger partial charge in [-0.3, -0.25) is 0 Å². The van der Waals surface area contributed by atoms with E-state index < -0.39 is 8.07 Å². The molecule has 25 heavy (non-hydrogen) atoms. The summed E-state index contributed by atoms with van der Waals surface area (Å²) in [6.07, 6.45) is 5.32. The van der Waals surface area contributed by atoms with Gasteiger partial charge in [-0.05, 0) is 34.8 Å². The summed E-state index contributed by atoms with van der Waals surface area (Å²) in [7, 11) is -1.76. The fraction of sp³-hybridized carbons (Fsp3) is 0.545. The topological polar surface area (TPSA) is 18.5 Å². The molecule has 2 rings (SSSR count). The van der Waals surface area contributed by atoms with Crippen molar-refractivity contribution >= 4 is 8.07 Å². The quantitative estimate of drug-likeness (QED) is 0.541. The summed E-state index contributed by atoms with van der Waals surface area (Å²) in [5, 5.41) is 0. The highest BCUT2D eigenvalue weighted by Gasteiger charge is 2.41. The molecule has 1 aromatic rings. The molecule has 0 spiro atoms. The van der Waals surface area contributed by atoms with E-state index in [1.807, 2.05) is 12.1 Å². The van der Waals surface area contributed by atoms with Crippen LogP contribution >= 0.6 is 0 Å². The molecule has 2 nitrogen and oxygen atoms in total. The smallest absolute Gasteiger partial charge is 0.184 e. The molecule has 0 atom stereocenters. The summed E-state index contributed by atoms with van der Waals surface area (Å²) in [6.45, 7) is 15.2. The molecule has 0 bridgehead atoms. The van der Waals surface area contributed by atoms with Gasteiger partial charge in [-0.1, -0.05) is 53.4 Å². The third-order valence-electron chi connectivity index (χ3n) is 5.31. The van der Waals surface area contributed by atoms with Crippen molar-refractivity contribution in [1.29, 1.82) is 0 Å². The predicted octanol–water partition coefficient (Wildman–Crippen LogP) is 5.28. The van der Waals surface area contributed by atoms with Crippen LogP contribution in [-0.2, 0) is 9.47 Å². The third-order valence-corrected chi connectivity index (χ3v) is 11.6. The van der Waals surface area contributed by atoms with Crippen LogP contribution in [0.2, 0.25) is 16.6 Å². The summed E-state index contributed by atoms with van der Waals surface area (Å²) in [4.78, 5) is 0. The van der Waals surface area contributed by atoms with Crippen LogP contribution in [0.3, 0.4) is 0 Å². The number of hydrogen-bond acceptors (Lipinski definition) is 2. The van der Waals surface area contributed by atoms with Gasteiger partial charge >= 0.3 is 0 Å². The Labute approximate surface area is 154 Å². The van der Waals surface area contributed by atoms with Gasteiger partial charge in [0.2, 0.25) is 0 Å². The normalized spacial score (nSPS) is 15.5. The molecule has 1 aromatic carbocycles. The molecular weight excluding hydrogens is 324 g/mol.